The zero-order chi connectivity index (χ0) is 23.1. The molecule has 0 bridgehead atoms. The minimum absolute atomic E-state index is 0.215. The van der Waals surface area contributed by atoms with Crippen molar-refractivity contribution in [2.45, 2.75) is 52.5 Å². The van der Waals surface area contributed by atoms with Gasteiger partial charge in [0.15, 0.2) is 5.78 Å². The van der Waals surface area contributed by atoms with Gasteiger partial charge in [-0.2, -0.15) is 4.31 Å². The predicted octanol–water partition coefficient (Wildman–Crippen LogP) is 3.25. The summed E-state index contributed by atoms with van der Waals surface area (Å²) in [6.45, 7) is 10.4. The van der Waals surface area contributed by atoms with Crippen LogP contribution in [0.1, 0.15) is 55.7 Å². The highest BCUT2D eigenvalue weighted by Gasteiger charge is 2.35. The van der Waals surface area contributed by atoms with Gasteiger partial charge in [0.05, 0.1) is 18.0 Å². The van der Waals surface area contributed by atoms with Gasteiger partial charge < -0.3 is 9.30 Å². The van der Waals surface area contributed by atoms with Crippen LogP contribution in [0.2, 0.25) is 0 Å². The standard InChI is InChI=1S/C22H30N2O5S/c1-12-10-13(2)21(14(3)11-12)30(27,28)24(8)17(6)20(25)18-15(4)19(22(26)29-9)23(7)16(18)5/h10-11,17H,1-9H3. The fourth-order valence-electron chi connectivity index (χ4n) is 4.03. The molecular weight excluding hydrogens is 404 g/mol. The lowest BCUT2D eigenvalue weighted by atomic mass is 10.0. The number of Topliss-reactive ketones (excluding diaryl/α,β-unsaturated/α-hetero) is 1. The Morgan fingerprint density at radius 1 is 1.07 bits per heavy atom. The maximum absolute atomic E-state index is 13.4. The Balaban J connectivity index is 2.53. The number of carbonyl (C=O) groups is 2. The van der Waals surface area contributed by atoms with E-state index in [0.29, 0.717) is 27.9 Å². The molecule has 0 radical (unpaired) electrons. The summed E-state index contributed by atoms with van der Waals surface area (Å²) in [4.78, 5) is 25.7. The number of methoxy groups -OCH3 is 1. The molecule has 2 aromatic rings. The summed E-state index contributed by atoms with van der Waals surface area (Å²) in [6.07, 6.45) is 0. The highest BCUT2D eigenvalue weighted by atomic mass is 32.2. The van der Waals surface area contributed by atoms with E-state index in [4.69, 9.17) is 4.74 Å². The first kappa shape index (κ1) is 23.8. The van der Waals surface area contributed by atoms with E-state index in [2.05, 4.69) is 0 Å². The molecule has 0 spiro atoms. The lowest BCUT2D eigenvalue weighted by molar-refractivity contribution is 0.0588. The number of esters is 1. The molecule has 0 aliphatic heterocycles. The first-order valence-corrected chi connectivity index (χ1v) is 11.1. The van der Waals surface area contributed by atoms with Gasteiger partial charge in [0.2, 0.25) is 10.0 Å². The minimum Gasteiger partial charge on any atom is -0.464 e. The molecule has 30 heavy (non-hydrogen) atoms. The fraction of sp³-hybridized carbons (Fsp3) is 0.455. The maximum atomic E-state index is 13.4. The number of hydrogen-bond donors (Lipinski definition) is 0. The normalized spacial score (nSPS) is 12.9. The summed E-state index contributed by atoms with van der Waals surface area (Å²) in [6, 6.07) is 2.67. The van der Waals surface area contributed by atoms with Crippen LogP contribution in [0.15, 0.2) is 17.0 Å². The predicted molar refractivity (Wildman–Crippen MR) is 116 cm³/mol. The number of nitrogens with zero attached hydrogens (tertiary/aromatic N) is 2. The highest BCUT2D eigenvalue weighted by Crippen LogP contribution is 2.28. The van der Waals surface area contributed by atoms with Crippen LogP contribution < -0.4 is 0 Å². The third-order valence-electron chi connectivity index (χ3n) is 5.72. The molecule has 1 atom stereocenters. The number of aryl methyl sites for hydroxylation is 3. The van der Waals surface area contributed by atoms with E-state index in [1.807, 2.05) is 19.1 Å². The Hall–Kier alpha value is -2.45. The van der Waals surface area contributed by atoms with E-state index in [0.717, 1.165) is 9.87 Å². The number of ether oxygens (including phenoxy) is 1. The van der Waals surface area contributed by atoms with Gasteiger partial charge in [0.1, 0.15) is 5.69 Å². The smallest absolute Gasteiger partial charge is 0.354 e. The van der Waals surface area contributed by atoms with Crippen LogP contribution in [0.3, 0.4) is 0 Å². The molecular formula is C22H30N2O5S. The van der Waals surface area contributed by atoms with Crippen molar-refractivity contribution in [2.24, 2.45) is 7.05 Å². The van der Waals surface area contributed by atoms with Crippen LogP contribution in [0.4, 0.5) is 0 Å². The molecule has 1 aromatic heterocycles. The van der Waals surface area contributed by atoms with Crippen LogP contribution in [-0.4, -0.2) is 49.2 Å². The lowest BCUT2D eigenvalue weighted by Crippen LogP contribution is -2.41. The van der Waals surface area contributed by atoms with Crippen LogP contribution in [0.25, 0.3) is 0 Å². The molecule has 0 saturated carbocycles. The van der Waals surface area contributed by atoms with E-state index in [9.17, 15) is 18.0 Å². The molecule has 1 unspecified atom stereocenters. The number of aromatic nitrogens is 1. The molecule has 7 nitrogen and oxygen atoms in total. The number of benzene rings is 1. The zero-order valence-electron chi connectivity index (χ0n) is 19.1. The maximum Gasteiger partial charge on any atom is 0.354 e. The quantitative estimate of drug-likeness (QED) is 0.515. The fourth-order valence-corrected chi connectivity index (χ4v) is 5.76. The monoisotopic (exact) mass is 434 g/mol. The van der Waals surface area contributed by atoms with Crippen molar-refractivity contribution in [1.82, 2.24) is 8.87 Å². The first-order valence-electron chi connectivity index (χ1n) is 9.61. The van der Waals surface area contributed by atoms with Crippen LogP contribution in [-0.2, 0) is 21.8 Å². The second kappa shape index (κ2) is 8.35. The summed E-state index contributed by atoms with van der Waals surface area (Å²) >= 11 is 0. The summed E-state index contributed by atoms with van der Waals surface area (Å²) in [5, 5.41) is 0. The van der Waals surface area contributed by atoms with Crippen molar-refractivity contribution in [3.8, 4) is 0 Å². The van der Waals surface area contributed by atoms with E-state index >= 15 is 0 Å². The zero-order valence-corrected chi connectivity index (χ0v) is 19.9. The number of carbonyl (C=O) groups excluding carboxylic acids is 2. The molecule has 0 aliphatic carbocycles. The Morgan fingerprint density at radius 3 is 2.03 bits per heavy atom. The van der Waals surface area contributed by atoms with Crippen molar-refractivity contribution in [2.75, 3.05) is 14.2 Å². The molecule has 164 valence electrons. The van der Waals surface area contributed by atoms with Crippen molar-refractivity contribution in [3.63, 3.8) is 0 Å². The van der Waals surface area contributed by atoms with Crippen molar-refractivity contribution < 1.29 is 22.7 Å². The Labute approximate surface area is 178 Å². The number of likely N-dealkylation sites (N-methyl/N-ethyl adjacent to an activating group) is 1. The highest BCUT2D eigenvalue weighted by molar-refractivity contribution is 7.89. The third-order valence-corrected chi connectivity index (χ3v) is 7.96. The first-order chi connectivity index (χ1) is 13.8. The van der Waals surface area contributed by atoms with Gasteiger partial charge in [-0.3, -0.25) is 4.79 Å². The molecule has 0 amide bonds. The SMILES string of the molecule is COC(=O)c1c(C)c(C(=O)C(C)N(C)S(=O)(=O)c2c(C)cc(C)cc2C)c(C)n1C. The van der Waals surface area contributed by atoms with E-state index in [1.165, 1.54) is 14.2 Å². The Kier molecular flexibility index (Phi) is 6.63. The molecule has 0 saturated heterocycles. The van der Waals surface area contributed by atoms with Crippen molar-refractivity contribution in [3.05, 3.63) is 51.3 Å². The second-order valence-electron chi connectivity index (χ2n) is 7.77. The summed E-state index contributed by atoms with van der Waals surface area (Å²) in [7, 11) is 0.458. The Morgan fingerprint density at radius 2 is 1.57 bits per heavy atom. The van der Waals surface area contributed by atoms with Gasteiger partial charge in [-0.05, 0) is 58.2 Å². The summed E-state index contributed by atoms with van der Waals surface area (Å²) in [5.41, 5.74) is 3.93. The molecule has 1 heterocycles. The summed E-state index contributed by atoms with van der Waals surface area (Å²) in [5.74, 6) is -0.916. The average molecular weight is 435 g/mol. The molecule has 0 aliphatic rings. The van der Waals surface area contributed by atoms with Gasteiger partial charge in [-0.25, -0.2) is 13.2 Å². The topological polar surface area (TPSA) is 85.7 Å². The van der Waals surface area contributed by atoms with Crippen LogP contribution in [0, 0.1) is 34.6 Å². The number of hydrogen-bond acceptors (Lipinski definition) is 5. The lowest BCUT2D eigenvalue weighted by Gasteiger charge is -2.25. The third kappa shape index (κ3) is 3.81. The largest absolute Gasteiger partial charge is 0.464 e. The molecule has 8 heteroatoms. The Bertz CT molecular complexity index is 1110. The average Bonchev–Trinajstić information content (AvgIpc) is 2.87. The van der Waals surface area contributed by atoms with Crippen molar-refractivity contribution >= 4 is 21.8 Å². The number of ketones is 1. The van der Waals surface area contributed by atoms with E-state index in [-0.39, 0.29) is 16.4 Å². The van der Waals surface area contributed by atoms with E-state index in [1.54, 1.807) is 46.2 Å². The van der Waals surface area contributed by atoms with Gasteiger partial charge in [-0.15, -0.1) is 0 Å². The number of rotatable bonds is 6. The molecule has 2 rings (SSSR count). The van der Waals surface area contributed by atoms with Crippen molar-refractivity contribution in [1.29, 1.82) is 0 Å². The molecule has 0 N–H and O–H groups in total. The number of sulfonamides is 1. The van der Waals surface area contributed by atoms with Gasteiger partial charge in [-0.1, -0.05) is 17.7 Å². The molecule has 1 aromatic carbocycles. The summed E-state index contributed by atoms with van der Waals surface area (Å²) < 4.78 is 34.2. The van der Waals surface area contributed by atoms with Gasteiger partial charge >= 0.3 is 5.97 Å². The van der Waals surface area contributed by atoms with Gasteiger partial charge in [0, 0.05) is 25.4 Å². The van der Waals surface area contributed by atoms with Gasteiger partial charge in [0.25, 0.3) is 0 Å². The second-order valence-corrected chi connectivity index (χ2v) is 9.71. The molecule has 0 fully saturated rings. The van der Waals surface area contributed by atoms with Crippen LogP contribution in [0.5, 0.6) is 0 Å². The minimum atomic E-state index is -3.91. The van der Waals surface area contributed by atoms with Crippen LogP contribution >= 0.6 is 0 Å². The van der Waals surface area contributed by atoms with E-state index < -0.39 is 22.0 Å².